The van der Waals surface area contributed by atoms with Crippen LogP contribution in [0.15, 0.2) is 4.52 Å². The fourth-order valence-electron chi connectivity index (χ4n) is 2.55. The van der Waals surface area contributed by atoms with Gasteiger partial charge in [-0.3, -0.25) is 4.90 Å². The van der Waals surface area contributed by atoms with Crippen molar-refractivity contribution >= 4 is 0 Å². The molecule has 1 N–H and O–H groups in total. The molecular weight excluding hydrogens is 216 g/mol. The second kappa shape index (κ2) is 4.74. The minimum Gasteiger partial charge on any atom is -0.339 e. The van der Waals surface area contributed by atoms with Gasteiger partial charge in [0.05, 0.1) is 0 Å². The fraction of sp³-hybridized carbons (Fsp3) is 0.833. The van der Waals surface area contributed by atoms with E-state index >= 15 is 0 Å². The summed E-state index contributed by atoms with van der Waals surface area (Å²) in [5.74, 6) is 1.47. The highest BCUT2D eigenvalue weighted by molar-refractivity contribution is 4.92. The lowest BCUT2D eigenvalue weighted by Crippen LogP contribution is -2.34. The number of hydrogen-bond acceptors (Lipinski definition) is 5. The maximum absolute atomic E-state index is 5.09. The lowest BCUT2D eigenvalue weighted by molar-refractivity contribution is 0.316. The Morgan fingerprint density at radius 2 is 2.29 bits per heavy atom. The van der Waals surface area contributed by atoms with Crippen LogP contribution in [0.4, 0.5) is 0 Å². The Hall–Kier alpha value is -0.940. The van der Waals surface area contributed by atoms with Crippen molar-refractivity contribution in [2.75, 3.05) is 19.6 Å². The monoisotopic (exact) mass is 236 g/mol. The molecule has 1 aliphatic carbocycles. The van der Waals surface area contributed by atoms with Crippen LogP contribution >= 0.6 is 0 Å². The summed E-state index contributed by atoms with van der Waals surface area (Å²) in [6.45, 7) is 5.27. The predicted octanol–water partition coefficient (Wildman–Crippen LogP) is 0.747. The molecule has 5 heteroatoms. The average molecular weight is 236 g/mol. The molecular formula is C12H20N4O. The van der Waals surface area contributed by atoms with Gasteiger partial charge in [-0.2, -0.15) is 4.98 Å². The van der Waals surface area contributed by atoms with E-state index in [-0.39, 0.29) is 0 Å². The Balaban J connectivity index is 1.37. The van der Waals surface area contributed by atoms with Gasteiger partial charge < -0.3 is 9.84 Å². The summed E-state index contributed by atoms with van der Waals surface area (Å²) in [4.78, 5) is 6.82. The summed E-state index contributed by atoms with van der Waals surface area (Å²) in [6, 6.07) is 1.56. The summed E-state index contributed by atoms with van der Waals surface area (Å²) in [5, 5.41) is 7.37. The van der Waals surface area contributed by atoms with Gasteiger partial charge in [-0.15, -0.1) is 0 Å². The van der Waals surface area contributed by atoms with E-state index in [1.807, 2.05) is 6.92 Å². The number of aryl methyl sites for hydroxylation is 1. The number of nitrogens with one attached hydrogen (secondary N) is 1. The number of rotatable bonds is 5. The fourth-order valence-corrected chi connectivity index (χ4v) is 2.55. The largest absolute Gasteiger partial charge is 0.339 e. The van der Waals surface area contributed by atoms with E-state index < -0.39 is 0 Å². The van der Waals surface area contributed by atoms with Crippen LogP contribution in [0.25, 0.3) is 0 Å². The molecule has 1 atom stereocenters. The lowest BCUT2D eigenvalue weighted by Gasteiger charge is -2.15. The maximum Gasteiger partial charge on any atom is 0.227 e. The van der Waals surface area contributed by atoms with E-state index in [4.69, 9.17) is 4.52 Å². The lowest BCUT2D eigenvalue weighted by atomic mass is 10.2. The van der Waals surface area contributed by atoms with Gasteiger partial charge in [0.2, 0.25) is 5.89 Å². The molecule has 5 nitrogen and oxygen atoms in total. The van der Waals surface area contributed by atoms with Crippen molar-refractivity contribution < 1.29 is 4.52 Å². The first kappa shape index (κ1) is 11.2. The third-order valence-electron chi connectivity index (χ3n) is 3.62. The van der Waals surface area contributed by atoms with Crippen LogP contribution in [0.5, 0.6) is 0 Å². The molecule has 17 heavy (non-hydrogen) atoms. The standard InChI is InChI=1S/C12H20N4O/c1-9-14-12(17-15-9)4-6-13-10-5-7-16(8-10)11-2-3-11/h10-11,13H,2-8H2,1H3. The molecule has 94 valence electrons. The van der Waals surface area contributed by atoms with Crippen molar-refractivity contribution in [1.29, 1.82) is 0 Å². The van der Waals surface area contributed by atoms with Crippen LogP contribution in [0.2, 0.25) is 0 Å². The van der Waals surface area contributed by atoms with E-state index in [0.717, 1.165) is 30.7 Å². The summed E-state index contributed by atoms with van der Waals surface area (Å²) < 4.78 is 5.09. The Bertz CT molecular complexity index is 374. The zero-order valence-electron chi connectivity index (χ0n) is 10.4. The number of hydrogen-bond donors (Lipinski definition) is 1. The third-order valence-corrected chi connectivity index (χ3v) is 3.62. The van der Waals surface area contributed by atoms with Crippen LogP contribution in [-0.2, 0) is 6.42 Å². The minimum absolute atomic E-state index is 0.652. The van der Waals surface area contributed by atoms with E-state index in [9.17, 15) is 0 Å². The first-order valence-electron chi connectivity index (χ1n) is 6.58. The van der Waals surface area contributed by atoms with Gasteiger partial charge in [0.1, 0.15) is 0 Å². The van der Waals surface area contributed by atoms with Crippen LogP contribution in [0.3, 0.4) is 0 Å². The van der Waals surface area contributed by atoms with Gasteiger partial charge in [-0.25, -0.2) is 0 Å². The summed E-state index contributed by atoms with van der Waals surface area (Å²) >= 11 is 0. The predicted molar refractivity (Wildman–Crippen MR) is 63.7 cm³/mol. The molecule has 1 saturated carbocycles. The zero-order valence-corrected chi connectivity index (χ0v) is 10.4. The van der Waals surface area contributed by atoms with Crippen molar-refractivity contribution in [2.45, 2.75) is 44.7 Å². The van der Waals surface area contributed by atoms with Crippen molar-refractivity contribution in [3.63, 3.8) is 0 Å². The Morgan fingerprint density at radius 3 is 3.00 bits per heavy atom. The van der Waals surface area contributed by atoms with Crippen molar-refractivity contribution in [3.8, 4) is 0 Å². The number of likely N-dealkylation sites (tertiary alicyclic amines) is 1. The maximum atomic E-state index is 5.09. The van der Waals surface area contributed by atoms with Crippen molar-refractivity contribution in [2.24, 2.45) is 0 Å². The van der Waals surface area contributed by atoms with Gasteiger partial charge in [-0.1, -0.05) is 5.16 Å². The Kier molecular flexibility index (Phi) is 3.11. The molecule has 1 aromatic rings. The molecule has 2 fully saturated rings. The number of nitrogens with zero attached hydrogens (tertiary/aromatic N) is 3. The first-order valence-corrected chi connectivity index (χ1v) is 6.58. The van der Waals surface area contributed by atoms with E-state index in [2.05, 4.69) is 20.4 Å². The second-order valence-electron chi connectivity index (χ2n) is 5.15. The molecule has 0 radical (unpaired) electrons. The van der Waals surface area contributed by atoms with Gasteiger partial charge in [0.25, 0.3) is 0 Å². The van der Waals surface area contributed by atoms with E-state index in [1.54, 1.807) is 0 Å². The highest BCUT2D eigenvalue weighted by atomic mass is 16.5. The first-order chi connectivity index (χ1) is 8.31. The van der Waals surface area contributed by atoms with Gasteiger partial charge >= 0.3 is 0 Å². The van der Waals surface area contributed by atoms with Crippen molar-refractivity contribution in [3.05, 3.63) is 11.7 Å². The Labute approximate surface area is 102 Å². The molecule has 1 aliphatic heterocycles. The highest BCUT2D eigenvalue weighted by Gasteiger charge is 2.33. The molecule has 3 rings (SSSR count). The quantitative estimate of drug-likeness (QED) is 0.817. The Morgan fingerprint density at radius 1 is 1.41 bits per heavy atom. The average Bonchev–Trinajstić information content (AvgIpc) is 2.93. The molecule has 0 spiro atoms. The smallest absolute Gasteiger partial charge is 0.227 e. The van der Waals surface area contributed by atoms with Crippen LogP contribution < -0.4 is 5.32 Å². The van der Waals surface area contributed by atoms with Gasteiger partial charge in [0.15, 0.2) is 5.82 Å². The van der Waals surface area contributed by atoms with Crippen LogP contribution in [0, 0.1) is 6.92 Å². The zero-order chi connectivity index (χ0) is 11.7. The normalized spacial score (nSPS) is 25.6. The molecule has 1 unspecified atom stereocenters. The molecule has 0 bridgehead atoms. The molecule has 2 heterocycles. The summed E-state index contributed by atoms with van der Waals surface area (Å²) in [6.07, 6.45) is 4.93. The second-order valence-corrected chi connectivity index (χ2v) is 5.15. The highest BCUT2D eigenvalue weighted by Crippen LogP contribution is 2.29. The van der Waals surface area contributed by atoms with Crippen LogP contribution in [-0.4, -0.2) is 46.8 Å². The third kappa shape index (κ3) is 2.84. The molecule has 2 aliphatic rings. The summed E-state index contributed by atoms with van der Waals surface area (Å²) in [7, 11) is 0. The molecule has 0 amide bonds. The van der Waals surface area contributed by atoms with E-state index in [1.165, 1.54) is 32.4 Å². The van der Waals surface area contributed by atoms with Gasteiger partial charge in [0, 0.05) is 38.1 Å². The SMILES string of the molecule is Cc1noc(CCNC2CCN(C3CC3)C2)n1. The minimum atomic E-state index is 0.652. The van der Waals surface area contributed by atoms with Crippen LogP contribution in [0.1, 0.15) is 31.0 Å². The van der Waals surface area contributed by atoms with Crippen molar-refractivity contribution in [1.82, 2.24) is 20.4 Å². The van der Waals surface area contributed by atoms with Gasteiger partial charge in [-0.05, 0) is 26.2 Å². The molecule has 0 aromatic carbocycles. The molecule has 1 saturated heterocycles. The molecule has 1 aromatic heterocycles. The number of aromatic nitrogens is 2. The topological polar surface area (TPSA) is 54.2 Å². The van der Waals surface area contributed by atoms with E-state index in [0.29, 0.717) is 6.04 Å². The summed E-state index contributed by atoms with van der Waals surface area (Å²) in [5.41, 5.74) is 0.